The third kappa shape index (κ3) is 3.61. The molecule has 2 aromatic carbocycles. The monoisotopic (exact) mass is 295 g/mol. The van der Waals surface area contributed by atoms with Gasteiger partial charge in [0.2, 0.25) is 0 Å². The molecule has 104 valence electrons. The van der Waals surface area contributed by atoms with Gasteiger partial charge < -0.3 is 9.84 Å². The number of phenols is 1. The molecule has 0 spiro atoms. The Bertz CT molecular complexity index is 619. The molecule has 6 heteroatoms. The highest BCUT2D eigenvalue weighted by atomic mass is 35.5. The molecule has 0 unspecified atom stereocenters. The van der Waals surface area contributed by atoms with Crippen LogP contribution < -0.4 is 5.32 Å². The number of aromatic hydroxyl groups is 1. The van der Waals surface area contributed by atoms with Gasteiger partial charge in [-0.25, -0.2) is 9.18 Å². The van der Waals surface area contributed by atoms with E-state index in [4.69, 9.17) is 21.4 Å². The highest BCUT2D eigenvalue weighted by molar-refractivity contribution is 6.33. The van der Waals surface area contributed by atoms with Crippen LogP contribution in [-0.2, 0) is 11.3 Å². The third-order valence-corrected chi connectivity index (χ3v) is 2.80. The maximum absolute atomic E-state index is 13.2. The number of amides is 1. The molecule has 2 rings (SSSR count). The van der Waals surface area contributed by atoms with Crippen molar-refractivity contribution in [1.82, 2.24) is 0 Å². The van der Waals surface area contributed by atoms with E-state index in [2.05, 4.69) is 5.32 Å². The summed E-state index contributed by atoms with van der Waals surface area (Å²) in [4.78, 5) is 11.6. The Morgan fingerprint density at radius 1 is 1.30 bits per heavy atom. The van der Waals surface area contributed by atoms with Gasteiger partial charge in [-0.1, -0.05) is 41.9 Å². The van der Waals surface area contributed by atoms with Crippen molar-refractivity contribution in [1.29, 1.82) is 0 Å². The molecule has 0 aliphatic carbocycles. The maximum Gasteiger partial charge on any atom is 0.412 e. The Hall–Kier alpha value is -2.27. The predicted octanol–water partition coefficient (Wildman–Crippen LogP) is 3.93. The Balaban J connectivity index is 1.97. The lowest BCUT2D eigenvalue weighted by Crippen LogP contribution is -2.14. The molecule has 0 radical (unpaired) electrons. The van der Waals surface area contributed by atoms with E-state index in [0.717, 1.165) is 17.7 Å². The fourth-order valence-corrected chi connectivity index (χ4v) is 1.71. The standard InChI is InChI=1S/C14H11ClFNO3/c15-10-6-13(18)11(16)7-12(10)17-14(19)20-8-9-4-2-1-3-5-9/h1-7,18H,8H2,(H,17,19). The number of ether oxygens (including phenoxy) is 1. The number of hydrogen-bond acceptors (Lipinski definition) is 3. The number of hydrogen-bond donors (Lipinski definition) is 2. The molecule has 0 aliphatic rings. The van der Waals surface area contributed by atoms with Crippen LogP contribution in [0.4, 0.5) is 14.9 Å². The summed E-state index contributed by atoms with van der Waals surface area (Å²) in [6.45, 7) is 0.0882. The number of carbonyl (C=O) groups is 1. The van der Waals surface area contributed by atoms with Crippen LogP contribution in [0.2, 0.25) is 5.02 Å². The van der Waals surface area contributed by atoms with Gasteiger partial charge in [0, 0.05) is 12.1 Å². The van der Waals surface area contributed by atoms with Crippen molar-refractivity contribution < 1.29 is 19.0 Å². The van der Waals surface area contributed by atoms with Gasteiger partial charge in [-0.05, 0) is 5.56 Å². The van der Waals surface area contributed by atoms with E-state index < -0.39 is 17.7 Å². The van der Waals surface area contributed by atoms with Crippen molar-refractivity contribution in [2.45, 2.75) is 6.61 Å². The van der Waals surface area contributed by atoms with Crippen molar-refractivity contribution in [2.75, 3.05) is 5.32 Å². The zero-order valence-electron chi connectivity index (χ0n) is 10.3. The normalized spacial score (nSPS) is 10.1. The highest BCUT2D eigenvalue weighted by Crippen LogP contribution is 2.29. The van der Waals surface area contributed by atoms with E-state index in [1.807, 2.05) is 18.2 Å². The largest absolute Gasteiger partial charge is 0.505 e. The average molecular weight is 296 g/mol. The van der Waals surface area contributed by atoms with Crippen LogP contribution in [0.25, 0.3) is 0 Å². The number of anilines is 1. The van der Waals surface area contributed by atoms with E-state index in [1.165, 1.54) is 0 Å². The molecule has 0 saturated carbocycles. The number of nitrogens with one attached hydrogen (secondary N) is 1. The van der Waals surface area contributed by atoms with Crippen molar-refractivity contribution in [2.24, 2.45) is 0 Å². The predicted molar refractivity (Wildman–Crippen MR) is 73.3 cm³/mol. The lowest BCUT2D eigenvalue weighted by Gasteiger charge is -2.09. The molecule has 0 fully saturated rings. The minimum Gasteiger partial charge on any atom is -0.505 e. The zero-order chi connectivity index (χ0) is 14.5. The van der Waals surface area contributed by atoms with E-state index in [1.54, 1.807) is 12.1 Å². The first kappa shape index (κ1) is 14.1. The molecule has 4 nitrogen and oxygen atoms in total. The Labute approximate surface area is 119 Å². The molecular formula is C14H11ClFNO3. The van der Waals surface area contributed by atoms with Crippen LogP contribution in [0.1, 0.15) is 5.56 Å². The quantitative estimate of drug-likeness (QED) is 0.843. The molecule has 20 heavy (non-hydrogen) atoms. The van der Waals surface area contributed by atoms with Gasteiger partial charge in [0.05, 0.1) is 10.7 Å². The summed E-state index contributed by atoms with van der Waals surface area (Å²) in [7, 11) is 0. The van der Waals surface area contributed by atoms with E-state index in [9.17, 15) is 9.18 Å². The van der Waals surface area contributed by atoms with E-state index in [0.29, 0.717) is 0 Å². The maximum atomic E-state index is 13.2. The summed E-state index contributed by atoms with van der Waals surface area (Å²) in [5, 5.41) is 11.4. The second-order valence-electron chi connectivity index (χ2n) is 3.97. The molecule has 0 aliphatic heterocycles. The first-order valence-electron chi connectivity index (χ1n) is 5.72. The molecule has 2 N–H and O–H groups in total. The van der Waals surface area contributed by atoms with Crippen LogP contribution in [0, 0.1) is 5.82 Å². The van der Waals surface area contributed by atoms with E-state index >= 15 is 0 Å². The van der Waals surface area contributed by atoms with Gasteiger partial charge in [-0.15, -0.1) is 0 Å². The van der Waals surface area contributed by atoms with Gasteiger partial charge in [-0.3, -0.25) is 5.32 Å². The fraction of sp³-hybridized carbons (Fsp3) is 0.0714. The number of carbonyl (C=O) groups excluding carboxylic acids is 1. The van der Waals surface area contributed by atoms with Crippen LogP contribution >= 0.6 is 11.6 Å². The third-order valence-electron chi connectivity index (χ3n) is 2.49. The number of rotatable bonds is 3. The van der Waals surface area contributed by atoms with Crippen LogP contribution in [0.3, 0.4) is 0 Å². The topological polar surface area (TPSA) is 58.6 Å². The average Bonchev–Trinajstić information content (AvgIpc) is 2.44. The van der Waals surface area contributed by atoms with Crippen molar-refractivity contribution in [3.63, 3.8) is 0 Å². The minimum absolute atomic E-state index is 0.0144. The molecule has 1 amide bonds. The van der Waals surface area contributed by atoms with Crippen LogP contribution in [0.15, 0.2) is 42.5 Å². The second kappa shape index (κ2) is 6.25. The lowest BCUT2D eigenvalue weighted by molar-refractivity contribution is 0.155. The molecule has 0 atom stereocenters. The molecular weight excluding hydrogens is 285 g/mol. The summed E-state index contributed by atoms with van der Waals surface area (Å²) in [5.41, 5.74) is 0.852. The lowest BCUT2D eigenvalue weighted by atomic mass is 10.2. The van der Waals surface area contributed by atoms with Crippen LogP contribution in [-0.4, -0.2) is 11.2 Å². The van der Waals surface area contributed by atoms with Crippen molar-refractivity contribution >= 4 is 23.4 Å². The summed E-state index contributed by atoms with van der Waals surface area (Å²) >= 11 is 5.77. The second-order valence-corrected chi connectivity index (χ2v) is 4.38. The Morgan fingerprint density at radius 3 is 2.70 bits per heavy atom. The SMILES string of the molecule is O=C(Nc1cc(F)c(O)cc1Cl)OCc1ccccc1. The first-order valence-corrected chi connectivity index (χ1v) is 6.10. The summed E-state index contributed by atoms with van der Waals surface area (Å²) < 4.78 is 18.1. The molecule has 2 aromatic rings. The minimum atomic E-state index is -0.882. The Morgan fingerprint density at radius 2 is 2.00 bits per heavy atom. The fourth-order valence-electron chi connectivity index (χ4n) is 1.50. The number of phenolic OH excluding ortho intramolecular Hbond substituents is 1. The molecule has 0 heterocycles. The van der Waals surface area contributed by atoms with Gasteiger partial charge in [0.15, 0.2) is 11.6 Å². The molecule has 0 bridgehead atoms. The van der Waals surface area contributed by atoms with Crippen molar-refractivity contribution in [3.8, 4) is 5.75 Å². The van der Waals surface area contributed by atoms with Crippen LogP contribution in [0.5, 0.6) is 5.75 Å². The summed E-state index contributed by atoms with van der Waals surface area (Å²) in [5.74, 6) is -1.47. The number of benzene rings is 2. The number of halogens is 2. The molecule has 0 aromatic heterocycles. The zero-order valence-corrected chi connectivity index (χ0v) is 11.0. The van der Waals surface area contributed by atoms with Gasteiger partial charge in [0.1, 0.15) is 6.61 Å². The summed E-state index contributed by atoms with van der Waals surface area (Å²) in [6, 6.07) is 11.0. The Kier molecular flexibility index (Phi) is 4.42. The first-order chi connectivity index (χ1) is 9.56. The molecule has 0 saturated heterocycles. The van der Waals surface area contributed by atoms with Gasteiger partial charge >= 0.3 is 6.09 Å². The van der Waals surface area contributed by atoms with Gasteiger partial charge in [-0.2, -0.15) is 0 Å². The van der Waals surface area contributed by atoms with Gasteiger partial charge in [0.25, 0.3) is 0 Å². The van der Waals surface area contributed by atoms with E-state index in [-0.39, 0.29) is 17.3 Å². The smallest absolute Gasteiger partial charge is 0.412 e. The highest BCUT2D eigenvalue weighted by Gasteiger charge is 2.11. The summed E-state index contributed by atoms with van der Waals surface area (Å²) in [6.07, 6.45) is -0.763. The van der Waals surface area contributed by atoms with Crippen molar-refractivity contribution in [3.05, 3.63) is 58.9 Å².